The van der Waals surface area contributed by atoms with E-state index in [4.69, 9.17) is 27.9 Å². The second kappa shape index (κ2) is 12.6. The average Bonchev–Trinajstić information content (AvgIpc) is 3.45. The van der Waals surface area contributed by atoms with E-state index in [1.807, 2.05) is 12.1 Å². The average molecular weight is 547 g/mol. The summed E-state index contributed by atoms with van der Waals surface area (Å²) in [6.07, 6.45) is 10.4. The molecule has 1 aromatic carbocycles. The van der Waals surface area contributed by atoms with Crippen LogP contribution in [0.2, 0.25) is 10.0 Å². The monoisotopic (exact) mass is 545 g/mol. The van der Waals surface area contributed by atoms with Gasteiger partial charge in [-0.15, -0.1) is 11.3 Å². The summed E-state index contributed by atoms with van der Waals surface area (Å²) >= 11 is 14.3. The van der Waals surface area contributed by atoms with Crippen molar-refractivity contribution in [3.63, 3.8) is 0 Å². The van der Waals surface area contributed by atoms with E-state index < -0.39 is 0 Å². The predicted molar refractivity (Wildman–Crippen MR) is 146 cm³/mol. The van der Waals surface area contributed by atoms with E-state index in [-0.39, 0.29) is 21.9 Å². The molecule has 0 saturated carbocycles. The molecule has 0 saturated heterocycles. The fraction of sp³-hybridized carbons (Fsp3) is 0.370. The third-order valence-electron chi connectivity index (χ3n) is 6.06. The molecule has 2 aromatic heterocycles. The first-order valence-corrected chi connectivity index (χ1v) is 13.8. The number of carbonyl (C=O) groups is 2. The predicted octanol–water partition coefficient (Wildman–Crippen LogP) is 7.08. The number of unbranched alkanes of at least 4 members (excludes halogenated alkanes) is 3. The van der Waals surface area contributed by atoms with E-state index in [0.717, 1.165) is 60.9 Å². The van der Waals surface area contributed by atoms with Gasteiger partial charge >= 0.3 is 0 Å². The first-order chi connectivity index (χ1) is 17.5. The SMILES string of the molecule is CCCCCCOc1c(Cl)cc(C(=O)Nc2sc3c(c2C(=O)NCc2cccnc2)CCC3)cc1Cl. The van der Waals surface area contributed by atoms with Gasteiger partial charge in [0.1, 0.15) is 5.00 Å². The minimum absolute atomic E-state index is 0.212. The number of carbonyl (C=O) groups excluding carboxylic acids is 2. The van der Waals surface area contributed by atoms with Gasteiger partial charge in [-0.1, -0.05) is 55.5 Å². The van der Waals surface area contributed by atoms with Gasteiger partial charge in [-0.05, 0) is 55.0 Å². The van der Waals surface area contributed by atoms with Gasteiger partial charge in [0.2, 0.25) is 0 Å². The molecule has 0 fully saturated rings. The number of thiophene rings is 1. The van der Waals surface area contributed by atoms with E-state index in [9.17, 15) is 9.59 Å². The zero-order valence-electron chi connectivity index (χ0n) is 20.2. The van der Waals surface area contributed by atoms with Crippen LogP contribution in [0.4, 0.5) is 5.00 Å². The molecule has 0 aliphatic heterocycles. The van der Waals surface area contributed by atoms with Gasteiger partial charge in [0.15, 0.2) is 5.75 Å². The zero-order chi connectivity index (χ0) is 25.5. The Hall–Kier alpha value is -2.61. The standard InChI is InChI=1S/C27H29Cl2N3O3S/c1-2-3-4-5-12-35-24-20(28)13-18(14-21(24)29)25(33)32-27-23(19-9-6-10-22(19)36-27)26(34)31-16-17-8-7-11-30-15-17/h7-8,11,13-15H,2-6,9-10,12,16H2,1H3,(H,31,34)(H,32,33). The van der Waals surface area contributed by atoms with Crippen LogP contribution in [-0.2, 0) is 19.4 Å². The van der Waals surface area contributed by atoms with Gasteiger partial charge in [0, 0.05) is 29.4 Å². The van der Waals surface area contributed by atoms with Crippen molar-refractivity contribution in [2.75, 3.05) is 11.9 Å². The second-order valence-corrected chi connectivity index (χ2v) is 10.7. The number of amides is 2. The second-order valence-electron chi connectivity index (χ2n) is 8.74. The first-order valence-electron chi connectivity index (χ1n) is 12.2. The third-order valence-corrected chi connectivity index (χ3v) is 7.82. The summed E-state index contributed by atoms with van der Waals surface area (Å²) in [5.41, 5.74) is 2.76. The van der Waals surface area contributed by atoms with Crippen LogP contribution in [-0.4, -0.2) is 23.4 Å². The van der Waals surface area contributed by atoms with Gasteiger partial charge in [-0.2, -0.15) is 0 Å². The quantitative estimate of drug-likeness (QED) is 0.252. The van der Waals surface area contributed by atoms with Crippen LogP contribution in [0.15, 0.2) is 36.7 Å². The van der Waals surface area contributed by atoms with Crippen molar-refractivity contribution >= 4 is 51.4 Å². The maximum atomic E-state index is 13.2. The normalized spacial score (nSPS) is 12.3. The van der Waals surface area contributed by atoms with Crippen LogP contribution in [0.5, 0.6) is 5.75 Å². The number of ether oxygens (including phenoxy) is 1. The van der Waals surface area contributed by atoms with E-state index in [0.29, 0.717) is 35.0 Å². The number of nitrogens with zero attached hydrogens (tertiary/aromatic N) is 1. The number of aryl methyl sites for hydroxylation is 1. The Labute approximate surface area is 225 Å². The van der Waals surface area contributed by atoms with Crippen LogP contribution in [0.25, 0.3) is 0 Å². The molecule has 2 amide bonds. The maximum absolute atomic E-state index is 13.2. The minimum Gasteiger partial charge on any atom is -0.490 e. The molecule has 0 unspecified atom stereocenters. The summed E-state index contributed by atoms with van der Waals surface area (Å²) in [4.78, 5) is 31.5. The summed E-state index contributed by atoms with van der Waals surface area (Å²) in [6, 6.07) is 6.83. The van der Waals surface area contributed by atoms with E-state index in [1.54, 1.807) is 24.5 Å². The number of pyridine rings is 1. The molecule has 0 spiro atoms. The Balaban J connectivity index is 1.47. The molecule has 0 radical (unpaired) electrons. The highest BCUT2D eigenvalue weighted by Crippen LogP contribution is 2.40. The Bertz CT molecular complexity index is 1210. The Kier molecular flexibility index (Phi) is 9.24. The number of hydrogen-bond acceptors (Lipinski definition) is 5. The molecule has 190 valence electrons. The van der Waals surface area contributed by atoms with Crippen LogP contribution in [0.3, 0.4) is 0 Å². The molecule has 1 aliphatic carbocycles. The van der Waals surface area contributed by atoms with Gasteiger partial charge in [0.05, 0.1) is 22.2 Å². The number of aromatic nitrogens is 1. The largest absolute Gasteiger partial charge is 0.490 e. The third kappa shape index (κ3) is 6.38. The number of rotatable bonds is 11. The van der Waals surface area contributed by atoms with Crippen LogP contribution in [0.1, 0.15) is 75.7 Å². The summed E-state index contributed by atoms with van der Waals surface area (Å²) in [7, 11) is 0. The molecule has 1 aliphatic rings. The lowest BCUT2D eigenvalue weighted by molar-refractivity contribution is 0.0951. The molecule has 2 heterocycles. The van der Waals surface area contributed by atoms with Crippen molar-refractivity contribution < 1.29 is 14.3 Å². The van der Waals surface area contributed by atoms with Gasteiger partial charge < -0.3 is 15.4 Å². The molecule has 36 heavy (non-hydrogen) atoms. The molecule has 0 atom stereocenters. The molecule has 6 nitrogen and oxygen atoms in total. The molecule has 4 rings (SSSR count). The van der Waals surface area contributed by atoms with Gasteiger partial charge in [0.25, 0.3) is 11.8 Å². The fourth-order valence-electron chi connectivity index (χ4n) is 4.21. The number of anilines is 1. The smallest absolute Gasteiger partial charge is 0.256 e. The van der Waals surface area contributed by atoms with Crippen molar-refractivity contribution in [1.29, 1.82) is 0 Å². The van der Waals surface area contributed by atoms with Crippen molar-refractivity contribution in [2.45, 2.75) is 58.4 Å². The Morgan fingerprint density at radius 1 is 1.11 bits per heavy atom. The summed E-state index contributed by atoms with van der Waals surface area (Å²) in [5.74, 6) is -0.206. The van der Waals surface area contributed by atoms with Crippen LogP contribution < -0.4 is 15.4 Å². The maximum Gasteiger partial charge on any atom is 0.256 e. The topological polar surface area (TPSA) is 80.3 Å². The number of nitrogens with one attached hydrogen (secondary N) is 2. The fourth-order valence-corrected chi connectivity index (χ4v) is 6.09. The van der Waals surface area contributed by atoms with Crippen LogP contribution in [0, 0.1) is 0 Å². The Morgan fingerprint density at radius 2 is 1.92 bits per heavy atom. The highest BCUT2D eigenvalue weighted by Gasteiger charge is 2.28. The van der Waals surface area contributed by atoms with Crippen molar-refractivity contribution in [3.05, 3.63) is 73.8 Å². The lowest BCUT2D eigenvalue weighted by Crippen LogP contribution is -2.25. The molecule has 9 heteroatoms. The first kappa shape index (κ1) is 26.5. The van der Waals surface area contributed by atoms with E-state index in [2.05, 4.69) is 22.5 Å². The molecule has 2 N–H and O–H groups in total. The van der Waals surface area contributed by atoms with Crippen LogP contribution >= 0.6 is 34.5 Å². The number of halogens is 2. The van der Waals surface area contributed by atoms with Gasteiger partial charge in [-0.25, -0.2) is 0 Å². The Morgan fingerprint density at radius 3 is 2.64 bits per heavy atom. The highest BCUT2D eigenvalue weighted by atomic mass is 35.5. The van der Waals surface area contributed by atoms with E-state index >= 15 is 0 Å². The van der Waals surface area contributed by atoms with Crippen molar-refractivity contribution in [3.8, 4) is 5.75 Å². The number of benzene rings is 1. The number of fused-ring (bicyclic) bond motifs is 1. The lowest BCUT2D eigenvalue weighted by atomic mass is 10.1. The molecular formula is C27H29Cl2N3O3S. The van der Waals surface area contributed by atoms with E-state index in [1.165, 1.54) is 11.3 Å². The summed E-state index contributed by atoms with van der Waals surface area (Å²) < 4.78 is 5.77. The number of hydrogen-bond donors (Lipinski definition) is 2. The molecule has 0 bridgehead atoms. The zero-order valence-corrected chi connectivity index (χ0v) is 22.5. The summed E-state index contributed by atoms with van der Waals surface area (Å²) in [5, 5.41) is 6.99. The van der Waals surface area contributed by atoms with Crippen molar-refractivity contribution in [1.82, 2.24) is 10.3 Å². The minimum atomic E-state index is -0.380. The van der Waals surface area contributed by atoms with Gasteiger partial charge in [-0.3, -0.25) is 14.6 Å². The highest BCUT2D eigenvalue weighted by molar-refractivity contribution is 7.17. The molecule has 3 aromatic rings. The summed E-state index contributed by atoms with van der Waals surface area (Å²) in [6.45, 7) is 3.03. The van der Waals surface area contributed by atoms with Crippen molar-refractivity contribution in [2.24, 2.45) is 0 Å². The molecular weight excluding hydrogens is 517 g/mol. The lowest BCUT2D eigenvalue weighted by Gasteiger charge is -2.13.